The Morgan fingerprint density at radius 1 is 0.585 bits per heavy atom. The number of amides is 2. The Hall–Kier alpha value is -7.21. The number of hydrogen-bond donors (Lipinski definition) is 4. The van der Waals surface area contributed by atoms with Crippen molar-refractivity contribution in [1.82, 2.24) is 35.6 Å². The number of nitrogens with zero attached hydrogens (tertiary/aromatic N) is 9. The van der Waals surface area contributed by atoms with Crippen molar-refractivity contribution in [2.75, 3.05) is 129 Å². The van der Waals surface area contributed by atoms with Gasteiger partial charge in [0.25, 0.3) is 11.8 Å². The van der Waals surface area contributed by atoms with E-state index in [4.69, 9.17) is 9.47 Å². The van der Waals surface area contributed by atoms with Crippen molar-refractivity contribution >= 4 is 46.1 Å². The first kappa shape index (κ1) is 43.1. The maximum atomic E-state index is 13.0. The number of hydrogen-bond acceptors (Lipinski definition) is 15. The van der Waals surface area contributed by atoms with Crippen LogP contribution in [0.2, 0.25) is 0 Å². The molecule has 0 radical (unpaired) electrons. The molecule has 65 heavy (non-hydrogen) atoms. The number of nitrogens with one attached hydrogen (secondary N) is 4. The highest BCUT2D eigenvalue weighted by atomic mass is 16.5. The first-order chi connectivity index (χ1) is 32.0. The molecular formula is C48H53N13O4. The summed E-state index contributed by atoms with van der Waals surface area (Å²) in [6, 6.07) is 24.8. The first-order valence-electron chi connectivity index (χ1n) is 22.1. The third-order valence-electron chi connectivity index (χ3n) is 11.7. The Bertz CT molecular complexity index is 2580. The Morgan fingerprint density at radius 2 is 1.15 bits per heavy atom. The quantitative estimate of drug-likeness (QED) is 0.158. The first-order valence-corrected chi connectivity index (χ1v) is 22.1. The van der Waals surface area contributed by atoms with Gasteiger partial charge in [0.2, 0.25) is 0 Å². The molecule has 9 heterocycles. The molecule has 0 bridgehead atoms. The van der Waals surface area contributed by atoms with Gasteiger partial charge in [-0.1, -0.05) is 18.2 Å². The van der Waals surface area contributed by atoms with Crippen LogP contribution in [0.15, 0.2) is 110 Å². The number of likely N-dealkylation sites (N-methyl/N-ethyl adjacent to an activating group) is 1. The van der Waals surface area contributed by atoms with Crippen LogP contribution >= 0.6 is 0 Å². The van der Waals surface area contributed by atoms with Crippen LogP contribution in [0.25, 0.3) is 22.5 Å². The smallest absolute Gasteiger partial charge is 0.274 e. The Kier molecular flexibility index (Phi) is 13.6. The third kappa shape index (κ3) is 10.4. The third-order valence-corrected chi connectivity index (χ3v) is 11.7. The van der Waals surface area contributed by atoms with Crippen LogP contribution in [-0.2, 0) is 4.74 Å². The van der Waals surface area contributed by atoms with Crippen LogP contribution in [0.4, 0.5) is 34.3 Å². The van der Waals surface area contributed by atoms with Gasteiger partial charge in [-0.2, -0.15) is 0 Å². The fraction of sp³-hybridized carbons (Fsp3) is 0.312. The Balaban J connectivity index is 0.000000164. The zero-order valence-corrected chi connectivity index (χ0v) is 36.4. The van der Waals surface area contributed by atoms with Crippen LogP contribution in [0, 0.1) is 0 Å². The highest BCUT2D eigenvalue weighted by molar-refractivity contribution is 6.05. The summed E-state index contributed by atoms with van der Waals surface area (Å²) in [5, 5.41) is 12.7. The summed E-state index contributed by atoms with van der Waals surface area (Å²) in [4.78, 5) is 57.2. The Labute approximate surface area is 378 Å². The van der Waals surface area contributed by atoms with Crippen LogP contribution in [0.3, 0.4) is 0 Å². The average Bonchev–Trinajstić information content (AvgIpc) is 3.38. The summed E-state index contributed by atoms with van der Waals surface area (Å²) in [7, 11) is 2.05. The molecule has 3 saturated heterocycles. The number of benzene rings is 1. The lowest BCUT2D eigenvalue weighted by Gasteiger charge is -2.30. The van der Waals surface area contributed by atoms with Crippen molar-refractivity contribution in [3.63, 3.8) is 0 Å². The van der Waals surface area contributed by atoms with Gasteiger partial charge in [-0.25, -0.2) is 15.0 Å². The van der Waals surface area contributed by atoms with E-state index in [9.17, 15) is 9.59 Å². The number of rotatable bonds is 9. The second-order valence-electron chi connectivity index (χ2n) is 15.9. The lowest BCUT2D eigenvalue weighted by molar-refractivity contribution is 0.101. The average molecular weight is 876 g/mol. The van der Waals surface area contributed by atoms with Gasteiger partial charge in [0.15, 0.2) is 0 Å². The predicted molar refractivity (Wildman–Crippen MR) is 253 cm³/mol. The van der Waals surface area contributed by atoms with E-state index in [1.807, 2.05) is 66.7 Å². The topological polar surface area (TPSA) is 178 Å². The molecule has 0 unspecified atom stereocenters. The van der Waals surface area contributed by atoms with Gasteiger partial charge in [0.1, 0.15) is 29.6 Å². The molecule has 0 spiro atoms. The lowest BCUT2D eigenvalue weighted by atomic mass is 10.1. The van der Waals surface area contributed by atoms with Gasteiger partial charge in [-0.05, 0) is 60.7 Å². The van der Waals surface area contributed by atoms with Gasteiger partial charge in [0, 0.05) is 102 Å². The van der Waals surface area contributed by atoms with Gasteiger partial charge in [-0.15, -0.1) is 0 Å². The highest BCUT2D eigenvalue weighted by Crippen LogP contribution is 2.35. The molecule has 6 aromatic rings. The van der Waals surface area contributed by atoms with Crippen molar-refractivity contribution in [3.05, 3.63) is 121 Å². The van der Waals surface area contributed by atoms with Crippen LogP contribution in [0.1, 0.15) is 21.0 Å². The van der Waals surface area contributed by atoms with E-state index in [2.05, 4.69) is 72.8 Å². The van der Waals surface area contributed by atoms with Crippen LogP contribution in [-0.4, -0.2) is 136 Å². The summed E-state index contributed by atoms with van der Waals surface area (Å²) in [5.74, 6) is 1.24. The molecule has 334 valence electrons. The summed E-state index contributed by atoms with van der Waals surface area (Å²) >= 11 is 0. The second-order valence-corrected chi connectivity index (χ2v) is 15.9. The number of carbonyl (C=O) groups is 2. The monoisotopic (exact) mass is 875 g/mol. The minimum absolute atomic E-state index is 0.259. The summed E-state index contributed by atoms with van der Waals surface area (Å²) in [6.07, 6.45) is 8.68. The normalized spacial score (nSPS) is 16.1. The van der Waals surface area contributed by atoms with Crippen molar-refractivity contribution < 1.29 is 19.1 Å². The molecule has 0 saturated carbocycles. The van der Waals surface area contributed by atoms with E-state index in [-0.39, 0.29) is 11.8 Å². The molecule has 3 fully saturated rings. The van der Waals surface area contributed by atoms with Gasteiger partial charge in [0.05, 0.1) is 72.0 Å². The van der Waals surface area contributed by atoms with E-state index in [0.717, 1.165) is 131 Å². The summed E-state index contributed by atoms with van der Waals surface area (Å²) in [6.45, 7) is 11.8. The zero-order chi connectivity index (χ0) is 44.4. The minimum Gasteiger partial charge on any atom is -0.490 e. The van der Waals surface area contributed by atoms with E-state index >= 15 is 0 Å². The number of carbonyl (C=O) groups excluding carboxylic acids is 2. The van der Waals surface area contributed by atoms with E-state index < -0.39 is 0 Å². The molecule has 17 nitrogen and oxygen atoms in total. The highest BCUT2D eigenvalue weighted by Gasteiger charge is 2.21. The van der Waals surface area contributed by atoms with Crippen molar-refractivity contribution in [1.29, 1.82) is 0 Å². The predicted octanol–water partition coefficient (Wildman–Crippen LogP) is 4.67. The van der Waals surface area contributed by atoms with Gasteiger partial charge in [-0.3, -0.25) is 19.6 Å². The van der Waals surface area contributed by atoms with Crippen molar-refractivity contribution in [2.45, 2.75) is 0 Å². The number of aromatic nitrogens is 5. The number of morpholine rings is 1. The molecule has 4 N–H and O–H groups in total. The number of pyridine rings is 5. The largest absolute Gasteiger partial charge is 0.490 e. The molecule has 10 rings (SSSR count). The molecule has 1 aromatic carbocycles. The molecule has 0 atom stereocenters. The molecule has 17 heteroatoms. The molecule has 4 aliphatic heterocycles. The summed E-state index contributed by atoms with van der Waals surface area (Å²) in [5.41, 5.74) is 8.30. The van der Waals surface area contributed by atoms with Crippen LogP contribution in [0.5, 0.6) is 5.75 Å². The zero-order valence-electron chi connectivity index (χ0n) is 36.4. The number of ether oxygens (including phenoxy) is 2. The molecule has 5 aromatic heterocycles. The molecule has 0 aliphatic carbocycles. The van der Waals surface area contributed by atoms with Crippen molar-refractivity contribution in [3.8, 4) is 28.3 Å². The van der Waals surface area contributed by atoms with E-state index in [1.54, 1.807) is 43.1 Å². The maximum absolute atomic E-state index is 13.0. The Morgan fingerprint density at radius 3 is 1.72 bits per heavy atom. The second kappa shape index (κ2) is 20.5. The lowest BCUT2D eigenvalue weighted by Crippen LogP contribution is -2.43. The van der Waals surface area contributed by atoms with E-state index in [1.165, 1.54) is 0 Å². The number of piperazine rings is 2. The van der Waals surface area contributed by atoms with E-state index in [0.29, 0.717) is 35.1 Å². The van der Waals surface area contributed by atoms with Crippen molar-refractivity contribution in [2.24, 2.45) is 0 Å². The number of fused-ring (bicyclic) bond motifs is 1. The van der Waals surface area contributed by atoms with Crippen LogP contribution < -0.4 is 45.6 Å². The molecule has 4 aliphatic rings. The maximum Gasteiger partial charge on any atom is 0.274 e. The fourth-order valence-electron chi connectivity index (χ4n) is 8.18. The minimum atomic E-state index is -0.265. The van der Waals surface area contributed by atoms with Gasteiger partial charge < -0.3 is 50.3 Å². The molecular weight excluding hydrogens is 823 g/mol. The SMILES string of the molecule is CN1CCOc2cc(-c3cccc(C(=O)Nc4cnccc4N4CCNCC4)n3)ccc21.O=C(Nc1cnccc1N1CCNCC1)c1cccc(-c2ccc(N3CCOCC3)nc2)n1. The van der Waals surface area contributed by atoms with Gasteiger partial charge >= 0.3 is 0 Å². The molecule has 2 amide bonds. The fourth-order valence-corrected chi connectivity index (χ4v) is 8.18. The number of anilines is 6. The summed E-state index contributed by atoms with van der Waals surface area (Å²) < 4.78 is 11.2. The standard InChI is InChI=1S/C24H27N7O2.C24H26N6O2/c32-24(29-21-17-26-7-6-22(21)30-10-8-25-9-11-30)20-3-1-2-19(28-20)18-4-5-23(27-16-18)31-12-14-33-15-13-31;1-29-13-14-32-23-15-17(5-6-22(23)29)18-3-2-4-19(27-18)24(31)28-20-16-26-8-7-21(20)30-11-9-25-10-12-30/h1-7,16-17,25H,8-15H2,(H,29,32);2-8,15-16,25H,9-14H2,1H3,(H,28,31).